The van der Waals surface area contributed by atoms with Gasteiger partial charge in [0.05, 0.1) is 12.1 Å². The first-order chi connectivity index (χ1) is 12.7. The van der Waals surface area contributed by atoms with Crippen LogP contribution in [0.4, 0.5) is 0 Å². The Balaban J connectivity index is 0.00000210. The monoisotopic (exact) mass is 386 g/mol. The second kappa shape index (κ2) is 8.42. The van der Waals surface area contributed by atoms with E-state index in [1.807, 2.05) is 17.0 Å². The Hall–Kier alpha value is -1.88. The number of likely N-dealkylation sites (tertiary alicyclic amines) is 1. The minimum absolute atomic E-state index is 0. The molecule has 2 aliphatic rings. The molecule has 2 atom stereocenters. The van der Waals surface area contributed by atoms with Crippen LogP contribution in [-0.2, 0) is 10.2 Å². The molecule has 4 rings (SSSR count). The molecular weight excluding hydrogens is 360 g/mol. The number of amides is 1. The number of rotatable bonds is 3. The maximum absolute atomic E-state index is 13.0. The molecule has 2 aromatic carbocycles. The van der Waals surface area contributed by atoms with Crippen molar-refractivity contribution in [2.45, 2.75) is 36.8 Å². The predicted octanol–water partition coefficient (Wildman–Crippen LogP) is 2.74. The van der Waals surface area contributed by atoms with E-state index in [9.17, 15) is 9.90 Å². The highest BCUT2D eigenvalue weighted by Gasteiger charge is 2.42. The fourth-order valence-corrected chi connectivity index (χ4v) is 4.52. The van der Waals surface area contributed by atoms with Crippen LogP contribution in [-0.4, -0.2) is 47.7 Å². The third-order valence-corrected chi connectivity index (χ3v) is 5.86. The maximum atomic E-state index is 13.0. The number of nitrogens with zero attached hydrogens (tertiary/aromatic N) is 1. The predicted molar refractivity (Wildman–Crippen MR) is 109 cm³/mol. The van der Waals surface area contributed by atoms with Gasteiger partial charge in [-0.05, 0) is 30.4 Å². The zero-order valence-corrected chi connectivity index (χ0v) is 16.2. The normalized spacial score (nSPS) is 24.3. The van der Waals surface area contributed by atoms with E-state index in [-0.39, 0.29) is 29.8 Å². The summed E-state index contributed by atoms with van der Waals surface area (Å²) in [5.74, 6) is 0.123. The molecule has 2 fully saturated rings. The van der Waals surface area contributed by atoms with Gasteiger partial charge < -0.3 is 15.3 Å². The summed E-state index contributed by atoms with van der Waals surface area (Å²) in [5, 5.41) is 12.9. The van der Waals surface area contributed by atoms with E-state index >= 15 is 0 Å². The SMILES string of the molecule is Cl.O=C([C@H]1C[C@H](O)CN1)N1CCCC(c2ccccc2)(c2ccccc2)C1. The number of benzene rings is 2. The van der Waals surface area contributed by atoms with E-state index in [1.54, 1.807) is 0 Å². The lowest BCUT2D eigenvalue weighted by atomic mass is 9.69. The fourth-order valence-electron chi connectivity index (χ4n) is 4.52. The van der Waals surface area contributed by atoms with Gasteiger partial charge in [0.2, 0.25) is 5.91 Å². The second-order valence-corrected chi connectivity index (χ2v) is 7.53. The molecule has 144 valence electrons. The quantitative estimate of drug-likeness (QED) is 0.852. The summed E-state index contributed by atoms with van der Waals surface area (Å²) in [6, 6.07) is 20.9. The van der Waals surface area contributed by atoms with Crippen molar-refractivity contribution in [3.63, 3.8) is 0 Å². The molecule has 0 saturated carbocycles. The number of piperidine rings is 1. The molecule has 0 aliphatic carbocycles. The molecule has 2 aliphatic heterocycles. The number of aliphatic hydroxyl groups excluding tert-OH is 1. The number of nitrogens with one attached hydrogen (secondary N) is 1. The average Bonchev–Trinajstić information content (AvgIpc) is 3.15. The highest BCUT2D eigenvalue weighted by atomic mass is 35.5. The number of hydrogen-bond donors (Lipinski definition) is 2. The van der Waals surface area contributed by atoms with Gasteiger partial charge in [-0.1, -0.05) is 60.7 Å². The number of hydrogen-bond acceptors (Lipinski definition) is 3. The molecule has 2 heterocycles. The summed E-state index contributed by atoms with van der Waals surface area (Å²) in [7, 11) is 0. The van der Waals surface area contributed by atoms with Crippen LogP contribution in [0.5, 0.6) is 0 Å². The minimum Gasteiger partial charge on any atom is -0.392 e. The van der Waals surface area contributed by atoms with Gasteiger partial charge in [-0.15, -0.1) is 12.4 Å². The molecule has 0 spiro atoms. The standard InChI is InChI=1S/C22H26N2O2.ClH/c25-19-14-20(23-15-19)21(26)24-13-7-12-22(16-24,17-8-3-1-4-9-17)18-10-5-2-6-11-18;/h1-6,8-11,19-20,23,25H,7,12-16H2;1H/t19-,20+;/m0./s1. The Morgan fingerprint density at radius 2 is 1.63 bits per heavy atom. The second-order valence-electron chi connectivity index (χ2n) is 7.53. The first-order valence-corrected chi connectivity index (χ1v) is 9.50. The van der Waals surface area contributed by atoms with Crippen molar-refractivity contribution in [3.8, 4) is 0 Å². The molecule has 2 aromatic rings. The first-order valence-electron chi connectivity index (χ1n) is 9.50. The van der Waals surface area contributed by atoms with E-state index in [0.717, 1.165) is 19.4 Å². The highest BCUT2D eigenvalue weighted by Crippen LogP contribution is 2.40. The molecule has 0 aromatic heterocycles. The zero-order valence-electron chi connectivity index (χ0n) is 15.4. The minimum atomic E-state index is -0.415. The Morgan fingerprint density at radius 3 is 2.15 bits per heavy atom. The van der Waals surface area contributed by atoms with Crippen LogP contribution in [0.3, 0.4) is 0 Å². The van der Waals surface area contributed by atoms with E-state index in [2.05, 4.69) is 53.8 Å². The third kappa shape index (κ3) is 3.88. The van der Waals surface area contributed by atoms with Crippen molar-refractivity contribution in [3.05, 3.63) is 71.8 Å². The summed E-state index contributed by atoms with van der Waals surface area (Å²) in [4.78, 5) is 15.0. The van der Waals surface area contributed by atoms with Crippen molar-refractivity contribution < 1.29 is 9.90 Å². The lowest BCUT2D eigenvalue weighted by Gasteiger charge is -2.44. The van der Waals surface area contributed by atoms with Crippen molar-refractivity contribution >= 4 is 18.3 Å². The van der Waals surface area contributed by atoms with Crippen molar-refractivity contribution in [2.75, 3.05) is 19.6 Å². The van der Waals surface area contributed by atoms with Crippen LogP contribution in [0.1, 0.15) is 30.4 Å². The average molecular weight is 387 g/mol. The van der Waals surface area contributed by atoms with Gasteiger partial charge in [0, 0.05) is 25.0 Å². The fraction of sp³-hybridized carbons (Fsp3) is 0.409. The molecule has 1 amide bonds. The molecule has 0 bridgehead atoms. The number of carbonyl (C=O) groups excluding carboxylic acids is 1. The maximum Gasteiger partial charge on any atom is 0.239 e. The van der Waals surface area contributed by atoms with E-state index in [4.69, 9.17) is 0 Å². The lowest BCUT2D eigenvalue weighted by Crippen LogP contribution is -2.53. The van der Waals surface area contributed by atoms with E-state index in [1.165, 1.54) is 11.1 Å². The summed E-state index contributed by atoms with van der Waals surface area (Å²) in [5.41, 5.74) is 2.36. The Kier molecular flexibility index (Phi) is 6.20. The molecule has 5 heteroatoms. The van der Waals surface area contributed by atoms with Crippen LogP contribution in [0.15, 0.2) is 60.7 Å². The van der Waals surface area contributed by atoms with Crippen LogP contribution >= 0.6 is 12.4 Å². The molecule has 2 saturated heterocycles. The highest BCUT2D eigenvalue weighted by molar-refractivity contribution is 5.85. The summed E-state index contributed by atoms with van der Waals surface area (Å²) in [6.45, 7) is 1.98. The molecular formula is C22H27ClN2O2. The number of halogens is 1. The zero-order chi connectivity index (χ0) is 18.0. The van der Waals surface area contributed by atoms with Crippen molar-refractivity contribution in [1.29, 1.82) is 0 Å². The van der Waals surface area contributed by atoms with Gasteiger partial charge in [0.1, 0.15) is 0 Å². The Bertz CT molecular complexity index is 714. The van der Waals surface area contributed by atoms with Crippen molar-refractivity contribution in [1.82, 2.24) is 10.2 Å². The molecule has 4 nitrogen and oxygen atoms in total. The van der Waals surface area contributed by atoms with E-state index < -0.39 is 6.10 Å². The van der Waals surface area contributed by atoms with Crippen molar-refractivity contribution in [2.24, 2.45) is 0 Å². The van der Waals surface area contributed by atoms with Gasteiger partial charge >= 0.3 is 0 Å². The smallest absolute Gasteiger partial charge is 0.239 e. The lowest BCUT2D eigenvalue weighted by molar-refractivity contribution is -0.135. The molecule has 0 radical (unpaired) electrons. The van der Waals surface area contributed by atoms with Crippen LogP contribution < -0.4 is 5.32 Å². The molecule has 0 unspecified atom stereocenters. The number of carbonyl (C=O) groups is 1. The Morgan fingerprint density at radius 1 is 1.04 bits per heavy atom. The molecule has 2 N–H and O–H groups in total. The number of aliphatic hydroxyl groups is 1. The van der Waals surface area contributed by atoms with Crippen LogP contribution in [0.25, 0.3) is 0 Å². The van der Waals surface area contributed by atoms with E-state index in [0.29, 0.717) is 19.5 Å². The summed E-state index contributed by atoms with van der Waals surface area (Å²) < 4.78 is 0. The number of β-amino-alcohol motifs (C(OH)–C–C–N with tert-alkyl or cyclic N) is 1. The summed E-state index contributed by atoms with van der Waals surface area (Å²) >= 11 is 0. The Labute approximate surface area is 167 Å². The van der Waals surface area contributed by atoms with Gasteiger partial charge in [0.25, 0.3) is 0 Å². The molecule has 27 heavy (non-hydrogen) atoms. The van der Waals surface area contributed by atoms with Gasteiger partial charge in [-0.3, -0.25) is 4.79 Å². The summed E-state index contributed by atoms with van der Waals surface area (Å²) in [6.07, 6.45) is 2.11. The van der Waals surface area contributed by atoms with Gasteiger partial charge in [-0.2, -0.15) is 0 Å². The van der Waals surface area contributed by atoms with Crippen LogP contribution in [0, 0.1) is 0 Å². The topological polar surface area (TPSA) is 52.6 Å². The van der Waals surface area contributed by atoms with Gasteiger partial charge in [0.15, 0.2) is 0 Å². The van der Waals surface area contributed by atoms with Gasteiger partial charge in [-0.25, -0.2) is 0 Å². The largest absolute Gasteiger partial charge is 0.392 e. The third-order valence-electron chi connectivity index (χ3n) is 5.86. The first kappa shape index (κ1) is 19.9. The van der Waals surface area contributed by atoms with Crippen LogP contribution in [0.2, 0.25) is 0 Å².